The Morgan fingerprint density at radius 1 is 0.911 bits per heavy atom. The van der Waals surface area contributed by atoms with E-state index < -0.39 is 0 Å². The fourth-order valence-electron chi connectivity index (χ4n) is 6.64. The van der Waals surface area contributed by atoms with Crippen LogP contribution in [0, 0.1) is 0 Å². The van der Waals surface area contributed by atoms with Gasteiger partial charge >= 0.3 is 6.01 Å². The van der Waals surface area contributed by atoms with Crippen molar-refractivity contribution in [1.29, 1.82) is 0 Å². The lowest BCUT2D eigenvalue weighted by Crippen LogP contribution is -2.67. The van der Waals surface area contributed by atoms with Crippen LogP contribution in [-0.4, -0.2) is 109 Å². The molecule has 3 heterocycles. The van der Waals surface area contributed by atoms with Crippen molar-refractivity contribution in [3.8, 4) is 17.8 Å². The third-order valence-corrected chi connectivity index (χ3v) is 8.55. The van der Waals surface area contributed by atoms with Crippen LogP contribution in [0.3, 0.4) is 0 Å². The summed E-state index contributed by atoms with van der Waals surface area (Å²) in [6, 6.07) is 22.1. The van der Waals surface area contributed by atoms with E-state index in [9.17, 15) is 4.79 Å². The molecule has 0 saturated carbocycles. The molecule has 2 aliphatic rings. The van der Waals surface area contributed by atoms with E-state index in [1.165, 1.54) is 11.1 Å². The quantitative estimate of drug-likeness (QED) is 0.280. The molecule has 0 unspecified atom stereocenters. The highest BCUT2D eigenvalue weighted by Gasteiger charge is 2.43. The molecule has 5 rings (SSSR count). The van der Waals surface area contributed by atoms with Gasteiger partial charge in [0.15, 0.2) is 0 Å². The van der Waals surface area contributed by atoms with Gasteiger partial charge in [-0.25, -0.2) is 0 Å². The second kappa shape index (κ2) is 15.5. The van der Waals surface area contributed by atoms with Gasteiger partial charge in [-0.3, -0.25) is 14.6 Å². The van der Waals surface area contributed by atoms with Crippen molar-refractivity contribution < 1.29 is 23.7 Å². The fraction of sp³-hybridized carbons (Fsp3) is 0.514. The molecule has 1 amide bonds. The van der Waals surface area contributed by atoms with Crippen LogP contribution in [0.2, 0.25) is 0 Å². The number of methoxy groups -OCH3 is 2. The topological polar surface area (TPSA) is 89.5 Å². The van der Waals surface area contributed by atoms with E-state index in [4.69, 9.17) is 18.9 Å². The summed E-state index contributed by atoms with van der Waals surface area (Å²) in [7, 11) is 3.26. The van der Waals surface area contributed by atoms with Crippen molar-refractivity contribution in [3.63, 3.8) is 0 Å². The summed E-state index contributed by atoms with van der Waals surface area (Å²) in [6.07, 6.45) is 0.303. The monoisotopic (exact) mass is 617 g/mol. The van der Waals surface area contributed by atoms with E-state index >= 15 is 0 Å². The maximum Gasteiger partial charge on any atom is 0.323 e. The zero-order valence-electron chi connectivity index (χ0n) is 27.2. The normalized spacial score (nSPS) is 19.0. The minimum Gasteiger partial charge on any atom is -0.481 e. The maximum atomic E-state index is 13.1. The van der Waals surface area contributed by atoms with Crippen LogP contribution in [0.1, 0.15) is 49.8 Å². The lowest BCUT2D eigenvalue weighted by atomic mass is 9.81. The van der Waals surface area contributed by atoms with Crippen LogP contribution < -0.4 is 14.2 Å². The number of benzene rings is 2. The first-order valence-corrected chi connectivity index (χ1v) is 16.0. The highest BCUT2D eigenvalue weighted by atomic mass is 16.5. The number of carbonyl (C=O) groups excluding carboxylic acids is 1. The van der Waals surface area contributed by atoms with Crippen LogP contribution in [0.15, 0.2) is 60.7 Å². The number of carbonyl (C=O) groups is 1. The van der Waals surface area contributed by atoms with Gasteiger partial charge in [-0.2, -0.15) is 9.97 Å². The standard InChI is InChI=1S/C35H47N5O5/c1-6-44-35-36-33(43-5)29(34(37-35)45-25(2)3)23-38-21-28-22-39(31(41)17-20-42-4)18-19-40(28)30(24-38)32(26-13-9-7-10-14-26)27-15-11-8-12-16-27/h7-16,25,28,30,32H,6,17-24H2,1-5H3/t28-,30+/m1/s1. The third-order valence-electron chi connectivity index (χ3n) is 8.55. The summed E-state index contributed by atoms with van der Waals surface area (Å²) >= 11 is 0. The molecule has 2 aliphatic heterocycles. The number of ether oxygens (including phenoxy) is 4. The van der Waals surface area contributed by atoms with Gasteiger partial charge < -0.3 is 23.8 Å². The molecule has 242 valence electrons. The molecular weight excluding hydrogens is 570 g/mol. The van der Waals surface area contributed by atoms with Crippen molar-refractivity contribution in [3.05, 3.63) is 77.4 Å². The molecule has 10 nitrogen and oxygen atoms in total. The average Bonchev–Trinajstić information content (AvgIpc) is 3.05. The summed E-state index contributed by atoms with van der Waals surface area (Å²) in [6.45, 7) is 11.0. The van der Waals surface area contributed by atoms with Crippen LogP contribution in [0.4, 0.5) is 0 Å². The van der Waals surface area contributed by atoms with Gasteiger partial charge in [0.2, 0.25) is 17.7 Å². The molecule has 10 heteroatoms. The van der Waals surface area contributed by atoms with Gasteiger partial charge in [0.25, 0.3) is 0 Å². The molecule has 0 bridgehead atoms. The first-order chi connectivity index (χ1) is 21.9. The minimum atomic E-state index is -0.0898. The molecule has 2 atom stereocenters. The van der Waals surface area contributed by atoms with Crippen molar-refractivity contribution in [2.75, 3.05) is 60.2 Å². The molecule has 0 spiro atoms. The predicted octanol–water partition coefficient (Wildman–Crippen LogP) is 4.24. The zero-order valence-corrected chi connectivity index (χ0v) is 27.2. The minimum absolute atomic E-state index is 0.0898. The Morgan fingerprint density at radius 2 is 1.58 bits per heavy atom. The van der Waals surface area contributed by atoms with Crippen molar-refractivity contribution in [2.24, 2.45) is 0 Å². The molecule has 0 aliphatic carbocycles. The molecular formula is C35H47N5O5. The summed E-state index contributed by atoms with van der Waals surface area (Å²) in [5.74, 6) is 1.20. The summed E-state index contributed by atoms with van der Waals surface area (Å²) in [4.78, 5) is 29.4. The van der Waals surface area contributed by atoms with Crippen LogP contribution in [-0.2, 0) is 16.1 Å². The van der Waals surface area contributed by atoms with Crippen LogP contribution >= 0.6 is 0 Å². The molecule has 3 aromatic rings. The highest BCUT2D eigenvalue weighted by molar-refractivity contribution is 5.76. The van der Waals surface area contributed by atoms with Gasteiger partial charge in [0, 0.05) is 64.4 Å². The van der Waals surface area contributed by atoms with E-state index in [1.54, 1.807) is 14.2 Å². The number of nitrogens with zero attached hydrogens (tertiary/aromatic N) is 5. The molecule has 1 aromatic heterocycles. The number of fused-ring (bicyclic) bond motifs is 1. The Kier molecular flexibility index (Phi) is 11.3. The van der Waals surface area contributed by atoms with Crippen molar-refractivity contribution >= 4 is 5.91 Å². The Hall–Kier alpha value is -3.73. The molecule has 2 saturated heterocycles. The number of piperazine rings is 2. The molecule has 0 N–H and O–H groups in total. The van der Waals surface area contributed by atoms with Gasteiger partial charge in [0.1, 0.15) is 0 Å². The van der Waals surface area contributed by atoms with E-state index in [-0.39, 0.29) is 36.0 Å². The summed E-state index contributed by atoms with van der Waals surface area (Å²) < 4.78 is 22.9. The summed E-state index contributed by atoms with van der Waals surface area (Å²) in [5.41, 5.74) is 3.35. The smallest absolute Gasteiger partial charge is 0.323 e. The number of hydrogen-bond acceptors (Lipinski definition) is 9. The van der Waals surface area contributed by atoms with Crippen molar-refractivity contribution in [2.45, 2.75) is 57.8 Å². The van der Waals surface area contributed by atoms with Gasteiger partial charge in [-0.05, 0) is 31.9 Å². The van der Waals surface area contributed by atoms with Crippen LogP contribution in [0.5, 0.6) is 17.8 Å². The molecule has 0 radical (unpaired) electrons. The predicted molar refractivity (Wildman–Crippen MR) is 173 cm³/mol. The SMILES string of the molecule is CCOc1nc(OC)c(CN2C[C@@H]3CN(C(=O)CCOC)CCN3[C@H](C(c3ccccc3)c3ccccc3)C2)c(OC(C)C)n1. The van der Waals surface area contributed by atoms with E-state index in [0.717, 1.165) is 25.2 Å². The average molecular weight is 618 g/mol. The largest absolute Gasteiger partial charge is 0.481 e. The van der Waals surface area contributed by atoms with E-state index in [1.807, 2.05) is 25.7 Å². The Bertz CT molecular complexity index is 1340. The first-order valence-electron chi connectivity index (χ1n) is 16.0. The van der Waals surface area contributed by atoms with Gasteiger partial charge in [-0.15, -0.1) is 0 Å². The third kappa shape index (κ3) is 7.92. The number of hydrogen-bond donors (Lipinski definition) is 0. The van der Waals surface area contributed by atoms with Gasteiger partial charge in [0.05, 0.1) is 38.4 Å². The maximum absolute atomic E-state index is 13.1. The number of aromatic nitrogens is 2. The highest BCUT2D eigenvalue weighted by Crippen LogP contribution is 2.37. The lowest BCUT2D eigenvalue weighted by molar-refractivity contribution is -0.137. The second-order valence-corrected chi connectivity index (χ2v) is 11.9. The molecule has 45 heavy (non-hydrogen) atoms. The Balaban J connectivity index is 1.53. The summed E-state index contributed by atoms with van der Waals surface area (Å²) in [5, 5.41) is 0. The fourth-order valence-corrected chi connectivity index (χ4v) is 6.64. The van der Waals surface area contributed by atoms with E-state index in [2.05, 4.69) is 80.4 Å². The lowest BCUT2D eigenvalue weighted by Gasteiger charge is -2.53. The zero-order chi connectivity index (χ0) is 31.8. The van der Waals surface area contributed by atoms with Crippen molar-refractivity contribution in [1.82, 2.24) is 24.7 Å². The number of amides is 1. The van der Waals surface area contributed by atoms with Crippen LogP contribution in [0.25, 0.3) is 0 Å². The van der Waals surface area contributed by atoms with Gasteiger partial charge in [-0.1, -0.05) is 60.7 Å². The molecule has 2 aromatic carbocycles. The Morgan fingerprint density at radius 3 is 2.18 bits per heavy atom. The Labute approximate surface area is 267 Å². The van der Waals surface area contributed by atoms with E-state index in [0.29, 0.717) is 51.0 Å². The second-order valence-electron chi connectivity index (χ2n) is 11.9. The number of rotatable bonds is 13. The first kappa shape index (κ1) is 32.7. The molecule has 2 fully saturated rings.